The number of benzene rings is 1. The molecule has 1 aromatic carbocycles. The predicted octanol–water partition coefficient (Wildman–Crippen LogP) is 4.07. The van der Waals surface area contributed by atoms with Crippen molar-refractivity contribution >= 4 is 45.7 Å². The van der Waals surface area contributed by atoms with Crippen molar-refractivity contribution in [3.63, 3.8) is 0 Å². The number of aromatic amines is 1. The molecule has 146 valence electrons. The van der Waals surface area contributed by atoms with E-state index in [-0.39, 0.29) is 17.8 Å². The van der Waals surface area contributed by atoms with Crippen molar-refractivity contribution in [3.05, 3.63) is 45.5 Å². The molecule has 4 rings (SSSR count). The van der Waals surface area contributed by atoms with Gasteiger partial charge in [0.15, 0.2) is 0 Å². The lowest BCUT2D eigenvalue weighted by molar-refractivity contribution is 0.0664. The van der Waals surface area contributed by atoms with Gasteiger partial charge in [-0.25, -0.2) is 4.98 Å². The molecular weight excluding hydrogens is 401 g/mol. The number of ether oxygens (including phenoxy) is 1. The Morgan fingerprint density at radius 2 is 2.18 bits per heavy atom. The van der Waals surface area contributed by atoms with Crippen molar-refractivity contribution in [2.24, 2.45) is 0 Å². The summed E-state index contributed by atoms with van der Waals surface area (Å²) in [5, 5.41) is 4.90. The van der Waals surface area contributed by atoms with Gasteiger partial charge in [0, 0.05) is 36.7 Å². The molecule has 2 N–H and O–H groups in total. The molecule has 0 spiro atoms. The zero-order valence-electron chi connectivity index (χ0n) is 15.6. The van der Waals surface area contributed by atoms with Gasteiger partial charge in [0.2, 0.25) is 11.7 Å². The summed E-state index contributed by atoms with van der Waals surface area (Å²) in [4.78, 5) is 26.8. The summed E-state index contributed by atoms with van der Waals surface area (Å²) in [5.74, 6) is 0.195. The second-order valence-corrected chi connectivity index (χ2v) is 7.38. The normalized spacial score (nSPS) is 16.2. The van der Waals surface area contributed by atoms with Gasteiger partial charge in [-0.3, -0.25) is 4.79 Å². The zero-order chi connectivity index (χ0) is 20.0. The van der Waals surface area contributed by atoms with E-state index in [1.165, 1.54) is 7.11 Å². The SMILES string of the molecule is CNc1cnc(C(=O)N2CCc3[nH]c4c(Cl)c(Cl)ccc4c3[C@@H]2C)nc1OC. The average Bonchev–Trinajstić information content (AvgIpc) is 3.10. The Kier molecular flexibility index (Phi) is 4.81. The molecule has 0 aliphatic carbocycles. The molecule has 1 aliphatic rings. The predicted molar refractivity (Wildman–Crippen MR) is 110 cm³/mol. The van der Waals surface area contributed by atoms with Crippen LogP contribution in [0, 0.1) is 0 Å². The van der Waals surface area contributed by atoms with Gasteiger partial charge < -0.3 is 19.9 Å². The number of anilines is 1. The number of hydrogen-bond donors (Lipinski definition) is 2. The summed E-state index contributed by atoms with van der Waals surface area (Å²) in [6.45, 7) is 2.54. The maximum atomic E-state index is 13.1. The minimum absolute atomic E-state index is 0.104. The van der Waals surface area contributed by atoms with E-state index >= 15 is 0 Å². The van der Waals surface area contributed by atoms with Crippen LogP contribution in [0.2, 0.25) is 10.0 Å². The molecule has 0 unspecified atom stereocenters. The van der Waals surface area contributed by atoms with Gasteiger partial charge in [-0.1, -0.05) is 29.3 Å². The highest BCUT2D eigenvalue weighted by Crippen LogP contribution is 2.40. The molecule has 0 fully saturated rings. The van der Waals surface area contributed by atoms with Crippen LogP contribution in [0.3, 0.4) is 0 Å². The standard InChI is InChI=1S/C19H19Cl2N5O2/c1-9-14-10-4-5-11(20)15(21)16(10)24-12(14)6-7-26(9)19(27)17-23-8-13(22-2)18(25-17)28-3/h4-5,8-9,22,24H,6-7H2,1-3H3/t9-/m0/s1. The Hall–Kier alpha value is -2.51. The van der Waals surface area contributed by atoms with Crippen molar-refractivity contribution in [2.45, 2.75) is 19.4 Å². The van der Waals surface area contributed by atoms with Crippen LogP contribution in [0.4, 0.5) is 5.69 Å². The number of aromatic nitrogens is 3. The number of hydrogen-bond acceptors (Lipinski definition) is 5. The molecule has 3 heterocycles. The fourth-order valence-corrected chi connectivity index (χ4v) is 4.11. The van der Waals surface area contributed by atoms with E-state index in [1.807, 2.05) is 13.0 Å². The quantitative estimate of drug-likeness (QED) is 0.668. The van der Waals surface area contributed by atoms with Crippen molar-refractivity contribution in [2.75, 3.05) is 26.0 Å². The van der Waals surface area contributed by atoms with Crippen LogP contribution in [0.15, 0.2) is 18.3 Å². The highest BCUT2D eigenvalue weighted by Gasteiger charge is 2.33. The van der Waals surface area contributed by atoms with Gasteiger partial charge in [0.05, 0.1) is 34.9 Å². The lowest BCUT2D eigenvalue weighted by atomic mass is 9.97. The van der Waals surface area contributed by atoms with E-state index in [1.54, 1.807) is 24.2 Å². The first-order valence-electron chi connectivity index (χ1n) is 8.84. The van der Waals surface area contributed by atoms with E-state index < -0.39 is 0 Å². The molecule has 0 radical (unpaired) electrons. The first-order valence-corrected chi connectivity index (χ1v) is 9.60. The van der Waals surface area contributed by atoms with Gasteiger partial charge in [0.25, 0.3) is 5.91 Å². The second kappa shape index (κ2) is 7.14. The number of fused-ring (bicyclic) bond motifs is 3. The Bertz CT molecular complexity index is 1080. The lowest BCUT2D eigenvalue weighted by Gasteiger charge is -2.33. The minimum Gasteiger partial charge on any atom is -0.479 e. The smallest absolute Gasteiger partial charge is 0.292 e. The van der Waals surface area contributed by atoms with E-state index in [2.05, 4.69) is 20.3 Å². The number of nitrogens with zero attached hydrogens (tertiary/aromatic N) is 3. The van der Waals surface area contributed by atoms with Crippen LogP contribution in [0.1, 0.15) is 34.8 Å². The molecule has 0 saturated carbocycles. The van der Waals surface area contributed by atoms with Gasteiger partial charge in [0.1, 0.15) is 5.69 Å². The van der Waals surface area contributed by atoms with Gasteiger partial charge in [-0.2, -0.15) is 4.98 Å². The molecule has 3 aromatic rings. The summed E-state index contributed by atoms with van der Waals surface area (Å²) >= 11 is 12.5. The zero-order valence-corrected chi connectivity index (χ0v) is 17.1. The topological polar surface area (TPSA) is 83.1 Å². The third-order valence-electron chi connectivity index (χ3n) is 5.14. The maximum Gasteiger partial charge on any atom is 0.292 e. The lowest BCUT2D eigenvalue weighted by Crippen LogP contribution is -2.39. The first-order chi connectivity index (χ1) is 13.5. The van der Waals surface area contributed by atoms with Crippen LogP contribution in [-0.4, -0.2) is 46.5 Å². The van der Waals surface area contributed by atoms with E-state index in [0.29, 0.717) is 34.6 Å². The molecule has 1 amide bonds. The molecular formula is C19H19Cl2N5O2. The highest BCUT2D eigenvalue weighted by molar-refractivity contribution is 6.45. The first kappa shape index (κ1) is 18.8. The van der Waals surface area contributed by atoms with Crippen molar-refractivity contribution in [1.82, 2.24) is 19.9 Å². The third-order valence-corrected chi connectivity index (χ3v) is 5.95. The number of amides is 1. The number of carbonyl (C=O) groups excluding carboxylic acids is 1. The monoisotopic (exact) mass is 419 g/mol. The molecule has 2 aromatic heterocycles. The second-order valence-electron chi connectivity index (χ2n) is 6.59. The molecule has 0 saturated heterocycles. The molecule has 0 bridgehead atoms. The number of rotatable bonds is 3. The Morgan fingerprint density at radius 3 is 2.89 bits per heavy atom. The molecule has 1 atom stereocenters. The van der Waals surface area contributed by atoms with Crippen LogP contribution in [0.5, 0.6) is 5.88 Å². The van der Waals surface area contributed by atoms with Crippen molar-refractivity contribution < 1.29 is 9.53 Å². The molecule has 7 nitrogen and oxygen atoms in total. The van der Waals surface area contributed by atoms with Gasteiger partial charge >= 0.3 is 0 Å². The average molecular weight is 420 g/mol. The number of H-pyrrole nitrogens is 1. The largest absolute Gasteiger partial charge is 0.479 e. The minimum atomic E-state index is -0.242. The molecule has 1 aliphatic heterocycles. The summed E-state index contributed by atoms with van der Waals surface area (Å²) in [7, 11) is 3.25. The summed E-state index contributed by atoms with van der Waals surface area (Å²) in [6.07, 6.45) is 2.23. The van der Waals surface area contributed by atoms with Crippen LogP contribution in [-0.2, 0) is 6.42 Å². The Balaban J connectivity index is 1.72. The molecule has 28 heavy (non-hydrogen) atoms. The van der Waals surface area contributed by atoms with Gasteiger partial charge in [-0.15, -0.1) is 0 Å². The number of methoxy groups -OCH3 is 1. The Morgan fingerprint density at radius 1 is 1.39 bits per heavy atom. The molecule has 9 heteroatoms. The Labute approximate surface area is 172 Å². The summed E-state index contributed by atoms with van der Waals surface area (Å²) < 4.78 is 5.25. The van der Waals surface area contributed by atoms with Crippen LogP contribution < -0.4 is 10.1 Å². The van der Waals surface area contributed by atoms with E-state index in [9.17, 15) is 4.79 Å². The van der Waals surface area contributed by atoms with E-state index in [4.69, 9.17) is 27.9 Å². The fourth-order valence-electron chi connectivity index (χ4n) is 3.74. The summed E-state index contributed by atoms with van der Waals surface area (Å²) in [5.41, 5.74) is 3.54. The summed E-state index contributed by atoms with van der Waals surface area (Å²) in [6, 6.07) is 3.55. The van der Waals surface area contributed by atoms with Crippen LogP contribution >= 0.6 is 23.2 Å². The van der Waals surface area contributed by atoms with E-state index in [0.717, 1.165) is 22.2 Å². The van der Waals surface area contributed by atoms with Crippen molar-refractivity contribution in [3.8, 4) is 5.88 Å². The number of nitrogens with one attached hydrogen (secondary N) is 2. The number of halogens is 2. The number of carbonyl (C=O) groups is 1. The third kappa shape index (κ3) is 2.86. The fraction of sp³-hybridized carbons (Fsp3) is 0.316. The van der Waals surface area contributed by atoms with Crippen LogP contribution in [0.25, 0.3) is 10.9 Å². The maximum absolute atomic E-state index is 13.1. The van der Waals surface area contributed by atoms with Crippen molar-refractivity contribution in [1.29, 1.82) is 0 Å². The van der Waals surface area contributed by atoms with Gasteiger partial charge in [-0.05, 0) is 13.0 Å². The highest BCUT2D eigenvalue weighted by atomic mass is 35.5.